The van der Waals surface area contributed by atoms with Crippen molar-refractivity contribution in [3.05, 3.63) is 42.1 Å². The number of ether oxygens (including phenoxy) is 1. The van der Waals surface area contributed by atoms with Crippen LogP contribution in [-0.2, 0) is 4.79 Å². The molecule has 7 nitrogen and oxygen atoms in total. The van der Waals surface area contributed by atoms with Crippen molar-refractivity contribution in [2.75, 3.05) is 17.3 Å². The first-order valence-corrected chi connectivity index (χ1v) is 7.87. The van der Waals surface area contributed by atoms with Gasteiger partial charge in [-0.25, -0.2) is 14.4 Å². The normalized spacial score (nSPS) is 17.5. The number of aromatic nitrogens is 2. The van der Waals surface area contributed by atoms with E-state index in [9.17, 15) is 14.0 Å². The van der Waals surface area contributed by atoms with Gasteiger partial charge in [0.15, 0.2) is 0 Å². The van der Waals surface area contributed by atoms with Gasteiger partial charge in [0.05, 0.1) is 18.5 Å². The van der Waals surface area contributed by atoms with Crippen molar-refractivity contribution in [2.45, 2.75) is 24.8 Å². The number of nitrogens with one attached hydrogen (secondary N) is 1. The number of hydrogen-bond donors (Lipinski definition) is 1. The number of methoxy groups -OCH3 is 1. The van der Waals surface area contributed by atoms with Gasteiger partial charge in [-0.15, -0.1) is 0 Å². The number of benzene rings is 1. The Morgan fingerprint density at radius 3 is 2.80 bits per heavy atom. The Morgan fingerprint density at radius 2 is 2.12 bits per heavy atom. The minimum atomic E-state index is -0.958. The molecule has 1 N–H and O–H groups in total. The summed E-state index contributed by atoms with van der Waals surface area (Å²) in [6, 6.07) is 5.40. The number of amides is 2. The molecule has 2 aliphatic rings. The van der Waals surface area contributed by atoms with Crippen LogP contribution < -0.4 is 15.0 Å². The van der Waals surface area contributed by atoms with E-state index < -0.39 is 17.3 Å². The average Bonchev–Trinajstić information content (AvgIpc) is 2.58. The second kappa shape index (κ2) is 5.51. The topological polar surface area (TPSA) is 84.4 Å². The van der Waals surface area contributed by atoms with Crippen LogP contribution in [0.2, 0.25) is 0 Å². The van der Waals surface area contributed by atoms with Crippen molar-refractivity contribution in [1.82, 2.24) is 9.97 Å². The van der Waals surface area contributed by atoms with Crippen LogP contribution in [0.1, 0.15) is 29.8 Å². The highest BCUT2D eigenvalue weighted by Crippen LogP contribution is 2.47. The van der Waals surface area contributed by atoms with Crippen molar-refractivity contribution in [3.8, 4) is 5.88 Å². The SMILES string of the molecule is COc1cc(C(=O)N2c3ccc(F)cc3NC(=O)C23CCC3)ncn1. The molecule has 0 bridgehead atoms. The quantitative estimate of drug-likeness (QED) is 0.904. The molecule has 4 rings (SSSR count). The standard InChI is InChI=1S/C17H15FN4O3/c1-25-14-8-12(19-9-20-14)15(23)22-13-4-3-10(18)7-11(13)21-16(24)17(22)5-2-6-17/h3-4,7-9H,2,5-6H2,1H3,(H,21,24). The summed E-state index contributed by atoms with van der Waals surface area (Å²) in [5, 5.41) is 2.72. The lowest BCUT2D eigenvalue weighted by Gasteiger charge is -2.51. The minimum Gasteiger partial charge on any atom is -0.481 e. The van der Waals surface area contributed by atoms with Crippen LogP contribution in [0.5, 0.6) is 5.88 Å². The van der Waals surface area contributed by atoms with Crippen molar-refractivity contribution < 1.29 is 18.7 Å². The first-order valence-electron chi connectivity index (χ1n) is 7.87. The van der Waals surface area contributed by atoms with Crippen LogP contribution in [0.25, 0.3) is 0 Å². The lowest BCUT2D eigenvalue weighted by Crippen LogP contribution is -2.65. The maximum Gasteiger partial charge on any atom is 0.278 e. The maximum absolute atomic E-state index is 13.6. The molecular formula is C17H15FN4O3. The molecule has 0 atom stereocenters. The van der Waals surface area contributed by atoms with E-state index in [0.717, 1.165) is 6.42 Å². The maximum atomic E-state index is 13.6. The van der Waals surface area contributed by atoms with E-state index in [-0.39, 0.29) is 23.2 Å². The fraction of sp³-hybridized carbons (Fsp3) is 0.294. The fourth-order valence-corrected chi connectivity index (χ4v) is 3.32. The largest absolute Gasteiger partial charge is 0.481 e. The molecule has 8 heteroatoms. The van der Waals surface area contributed by atoms with E-state index in [2.05, 4.69) is 15.3 Å². The summed E-state index contributed by atoms with van der Waals surface area (Å²) in [6.07, 6.45) is 3.16. The number of rotatable bonds is 2. The zero-order chi connectivity index (χ0) is 17.6. The van der Waals surface area contributed by atoms with Crippen LogP contribution in [0.15, 0.2) is 30.6 Å². The molecule has 128 valence electrons. The molecule has 2 heterocycles. The number of hydrogen-bond acceptors (Lipinski definition) is 5. The van der Waals surface area contributed by atoms with Gasteiger partial charge in [-0.2, -0.15) is 0 Å². The molecule has 1 spiro atoms. The number of carbonyl (C=O) groups excluding carboxylic acids is 2. The van der Waals surface area contributed by atoms with E-state index in [1.165, 1.54) is 42.6 Å². The summed E-state index contributed by atoms with van der Waals surface area (Å²) >= 11 is 0. The van der Waals surface area contributed by atoms with Gasteiger partial charge in [0.2, 0.25) is 5.88 Å². The van der Waals surface area contributed by atoms with Gasteiger partial charge in [-0.3, -0.25) is 14.5 Å². The smallest absolute Gasteiger partial charge is 0.278 e. The summed E-state index contributed by atoms with van der Waals surface area (Å²) in [7, 11) is 1.44. The molecule has 0 radical (unpaired) electrons. The van der Waals surface area contributed by atoms with Gasteiger partial charge < -0.3 is 10.1 Å². The predicted molar refractivity (Wildman–Crippen MR) is 87.0 cm³/mol. The van der Waals surface area contributed by atoms with Gasteiger partial charge in [-0.1, -0.05) is 0 Å². The predicted octanol–water partition coefficient (Wildman–Crippen LogP) is 2.15. The third-order valence-corrected chi connectivity index (χ3v) is 4.75. The summed E-state index contributed by atoms with van der Waals surface area (Å²) in [6.45, 7) is 0. The number of fused-ring (bicyclic) bond motifs is 1. The second-order valence-corrected chi connectivity index (χ2v) is 6.09. The Kier molecular flexibility index (Phi) is 3.41. The van der Waals surface area contributed by atoms with Crippen LogP contribution in [0.4, 0.5) is 15.8 Å². The van der Waals surface area contributed by atoms with Crippen LogP contribution in [0.3, 0.4) is 0 Å². The Hall–Kier alpha value is -3.03. The molecule has 1 aliphatic heterocycles. The summed E-state index contributed by atoms with van der Waals surface area (Å²) in [4.78, 5) is 35.2. The summed E-state index contributed by atoms with van der Waals surface area (Å²) < 4.78 is 18.6. The molecule has 1 aromatic carbocycles. The molecule has 0 saturated heterocycles. The molecule has 1 saturated carbocycles. The van der Waals surface area contributed by atoms with Crippen LogP contribution in [0, 0.1) is 5.82 Å². The first-order chi connectivity index (χ1) is 12.0. The van der Waals surface area contributed by atoms with E-state index in [4.69, 9.17) is 4.74 Å². The van der Waals surface area contributed by atoms with Gasteiger partial charge in [-0.05, 0) is 37.5 Å². The zero-order valence-electron chi connectivity index (χ0n) is 13.5. The number of halogens is 1. The van der Waals surface area contributed by atoms with Gasteiger partial charge in [0.1, 0.15) is 23.4 Å². The van der Waals surface area contributed by atoms with Gasteiger partial charge >= 0.3 is 0 Å². The summed E-state index contributed by atoms with van der Waals surface area (Å²) in [5.41, 5.74) is -0.108. The molecule has 0 unspecified atom stereocenters. The van der Waals surface area contributed by atoms with E-state index in [1.54, 1.807) is 0 Å². The average molecular weight is 342 g/mol. The van der Waals surface area contributed by atoms with Gasteiger partial charge in [0, 0.05) is 6.07 Å². The molecule has 2 aromatic rings. The zero-order valence-corrected chi connectivity index (χ0v) is 13.5. The summed E-state index contributed by atoms with van der Waals surface area (Å²) in [5.74, 6) is -0.976. The van der Waals surface area contributed by atoms with E-state index in [1.807, 2.05) is 0 Å². The monoisotopic (exact) mass is 342 g/mol. The Morgan fingerprint density at radius 1 is 1.32 bits per heavy atom. The third-order valence-electron chi connectivity index (χ3n) is 4.75. The molecule has 2 amide bonds. The van der Waals surface area contributed by atoms with Gasteiger partial charge in [0.25, 0.3) is 11.8 Å². The van der Waals surface area contributed by atoms with Crippen LogP contribution >= 0.6 is 0 Å². The highest BCUT2D eigenvalue weighted by atomic mass is 19.1. The van der Waals surface area contributed by atoms with Crippen molar-refractivity contribution >= 4 is 23.2 Å². The number of anilines is 2. The molecule has 1 aromatic heterocycles. The van der Waals surface area contributed by atoms with Crippen LogP contribution in [-0.4, -0.2) is 34.4 Å². The van der Waals surface area contributed by atoms with Crippen molar-refractivity contribution in [2.24, 2.45) is 0 Å². The highest BCUT2D eigenvalue weighted by Gasteiger charge is 2.55. The number of nitrogens with zero attached hydrogens (tertiary/aromatic N) is 3. The molecular weight excluding hydrogens is 327 g/mol. The van der Waals surface area contributed by atoms with Crippen molar-refractivity contribution in [3.63, 3.8) is 0 Å². The molecule has 25 heavy (non-hydrogen) atoms. The Balaban J connectivity index is 1.84. The molecule has 1 aliphatic carbocycles. The Labute approximate surface area is 142 Å². The highest BCUT2D eigenvalue weighted by molar-refractivity contribution is 6.18. The van der Waals surface area contributed by atoms with Crippen molar-refractivity contribution in [1.29, 1.82) is 0 Å². The van der Waals surface area contributed by atoms with E-state index in [0.29, 0.717) is 18.5 Å². The minimum absolute atomic E-state index is 0.114. The molecule has 1 fully saturated rings. The fourth-order valence-electron chi connectivity index (χ4n) is 3.32. The lowest BCUT2D eigenvalue weighted by molar-refractivity contribution is -0.124. The second-order valence-electron chi connectivity index (χ2n) is 6.09. The lowest BCUT2D eigenvalue weighted by atomic mass is 9.72. The van der Waals surface area contributed by atoms with E-state index >= 15 is 0 Å². The first kappa shape index (κ1) is 15.5. The third kappa shape index (κ3) is 2.25. The number of carbonyl (C=O) groups is 2. The Bertz CT molecular complexity index is 882.